The quantitative estimate of drug-likeness (QED) is 0.799. The largest absolute Gasteiger partial charge is 0.330 e. The van der Waals surface area contributed by atoms with Crippen LogP contribution in [0.25, 0.3) is 11.0 Å². The lowest BCUT2D eigenvalue weighted by Gasteiger charge is -2.11. The van der Waals surface area contributed by atoms with Crippen LogP contribution >= 0.6 is 0 Å². The summed E-state index contributed by atoms with van der Waals surface area (Å²) >= 11 is 0. The van der Waals surface area contributed by atoms with Crippen LogP contribution in [0.4, 0.5) is 0 Å². The predicted octanol–water partition coefficient (Wildman–Crippen LogP) is 2.63. The van der Waals surface area contributed by atoms with E-state index < -0.39 is 0 Å². The molecule has 90 valence electrons. The van der Waals surface area contributed by atoms with Gasteiger partial charge in [0.2, 0.25) is 0 Å². The summed E-state index contributed by atoms with van der Waals surface area (Å²) in [5.41, 5.74) is 2.24. The molecule has 2 aromatic rings. The molecule has 1 heterocycles. The summed E-state index contributed by atoms with van der Waals surface area (Å²) in [6.45, 7) is 6.70. The molecule has 1 atom stereocenters. The second kappa shape index (κ2) is 5.15. The molecule has 3 heteroatoms. The third-order valence-electron chi connectivity index (χ3n) is 3.01. The molecule has 0 bridgehead atoms. The van der Waals surface area contributed by atoms with Crippen LogP contribution in [0.3, 0.4) is 0 Å². The maximum absolute atomic E-state index is 4.62. The Morgan fingerprint density at radius 1 is 1.47 bits per heavy atom. The van der Waals surface area contributed by atoms with Gasteiger partial charge in [0.1, 0.15) is 5.82 Å². The summed E-state index contributed by atoms with van der Waals surface area (Å²) in [5, 5.41) is 3.45. The number of nitrogens with one attached hydrogen (secondary N) is 1. The maximum Gasteiger partial charge on any atom is 0.123 e. The van der Waals surface area contributed by atoms with Crippen molar-refractivity contribution in [3.8, 4) is 0 Å². The molecule has 0 aliphatic rings. The van der Waals surface area contributed by atoms with Gasteiger partial charge in [-0.2, -0.15) is 0 Å². The van der Waals surface area contributed by atoms with E-state index in [1.54, 1.807) is 0 Å². The number of para-hydroxylation sites is 2. The highest BCUT2D eigenvalue weighted by Gasteiger charge is 2.07. The van der Waals surface area contributed by atoms with Crippen molar-refractivity contribution < 1.29 is 0 Å². The molecular weight excluding hydrogens is 210 g/mol. The van der Waals surface area contributed by atoms with Crippen molar-refractivity contribution in [1.82, 2.24) is 14.9 Å². The minimum atomic E-state index is 0.437. The van der Waals surface area contributed by atoms with E-state index in [4.69, 9.17) is 0 Å². The molecule has 1 N–H and O–H groups in total. The van der Waals surface area contributed by atoms with Crippen molar-refractivity contribution in [2.75, 3.05) is 0 Å². The number of nitrogens with zero attached hydrogens (tertiary/aromatic N) is 2. The van der Waals surface area contributed by atoms with E-state index >= 15 is 0 Å². The van der Waals surface area contributed by atoms with Crippen molar-refractivity contribution in [3.63, 3.8) is 0 Å². The fourth-order valence-corrected chi connectivity index (χ4v) is 1.95. The first kappa shape index (κ1) is 11.9. The molecule has 0 saturated carbocycles. The molecule has 2 rings (SSSR count). The van der Waals surface area contributed by atoms with Gasteiger partial charge in [0.15, 0.2) is 0 Å². The van der Waals surface area contributed by atoms with Gasteiger partial charge >= 0.3 is 0 Å². The van der Waals surface area contributed by atoms with E-state index in [1.165, 1.54) is 5.52 Å². The van der Waals surface area contributed by atoms with E-state index in [1.807, 2.05) is 24.3 Å². The van der Waals surface area contributed by atoms with Gasteiger partial charge in [-0.05, 0) is 25.5 Å². The number of fused-ring (bicyclic) bond motifs is 1. The Bertz CT molecular complexity index is 513. The van der Waals surface area contributed by atoms with Crippen LogP contribution in [0.15, 0.2) is 36.9 Å². The number of aromatic nitrogens is 2. The van der Waals surface area contributed by atoms with E-state index in [0.717, 1.165) is 24.3 Å². The molecule has 0 radical (unpaired) electrons. The Balaban J connectivity index is 2.13. The van der Waals surface area contributed by atoms with Gasteiger partial charge in [-0.25, -0.2) is 4.98 Å². The van der Waals surface area contributed by atoms with Crippen molar-refractivity contribution in [3.05, 3.63) is 42.7 Å². The normalized spacial score (nSPS) is 12.8. The molecule has 1 unspecified atom stereocenters. The summed E-state index contributed by atoms with van der Waals surface area (Å²) in [7, 11) is 2.06. The minimum absolute atomic E-state index is 0.437. The summed E-state index contributed by atoms with van der Waals surface area (Å²) in [6, 6.07) is 8.65. The van der Waals surface area contributed by atoms with Gasteiger partial charge in [0, 0.05) is 13.1 Å². The van der Waals surface area contributed by atoms with Crippen LogP contribution in [0.2, 0.25) is 0 Å². The Morgan fingerprint density at radius 2 is 2.24 bits per heavy atom. The van der Waals surface area contributed by atoms with Gasteiger partial charge < -0.3 is 9.88 Å². The zero-order valence-electron chi connectivity index (χ0n) is 10.5. The summed E-state index contributed by atoms with van der Waals surface area (Å²) < 4.78 is 2.14. The topological polar surface area (TPSA) is 29.9 Å². The lowest BCUT2D eigenvalue weighted by atomic mass is 10.2. The van der Waals surface area contributed by atoms with Crippen molar-refractivity contribution in [2.45, 2.75) is 25.9 Å². The van der Waals surface area contributed by atoms with E-state index in [0.29, 0.717) is 6.04 Å². The Labute approximate surface area is 102 Å². The highest BCUT2D eigenvalue weighted by molar-refractivity contribution is 5.75. The van der Waals surface area contributed by atoms with Crippen LogP contribution in [0, 0.1) is 0 Å². The van der Waals surface area contributed by atoms with Crippen LogP contribution in [0.5, 0.6) is 0 Å². The third kappa shape index (κ3) is 2.56. The van der Waals surface area contributed by atoms with Crippen molar-refractivity contribution >= 4 is 11.0 Å². The standard InChI is InChI=1S/C14H19N3/c1-4-7-11(2)15-10-14-16-12-8-5-6-9-13(12)17(14)3/h4-6,8-9,11,15H,1,7,10H2,2-3H3. The first-order valence-corrected chi connectivity index (χ1v) is 5.97. The van der Waals surface area contributed by atoms with Crippen LogP contribution in [0.1, 0.15) is 19.2 Å². The Hall–Kier alpha value is -1.61. The van der Waals surface area contributed by atoms with Gasteiger partial charge in [0.25, 0.3) is 0 Å². The van der Waals surface area contributed by atoms with Crippen LogP contribution in [-0.2, 0) is 13.6 Å². The molecule has 0 fully saturated rings. The zero-order chi connectivity index (χ0) is 12.3. The van der Waals surface area contributed by atoms with Crippen LogP contribution < -0.4 is 5.32 Å². The number of benzene rings is 1. The number of hydrogen-bond acceptors (Lipinski definition) is 2. The van der Waals surface area contributed by atoms with Crippen molar-refractivity contribution in [1.29, 1.82) is 0 Å². The lowest BCUT2D eigenvalue weighted by Crippen LogP contribution is -2.26. The van der Waals surface area contributed by atoms with E-state index in [2.05, 4.69) is 41.5 Å². The molecule has 1 aromatic heterocycles. The summed E-state index contributed by atoms with van der Waals surface area (Å²) in [4.78, 5) is 4.62. The molecule has 1 aromatic carbocycles. The molecule has 3 nitrogen and oxygen atoms in total. The molecule has 0 aliphatic carbocycles. The lowest BCUT2D eigenvalue weighted by molar-refractivity contribution is 0.534. The number of rotatable bonds is 5. The van der Waals surface area contributed by atoms with Crippen molar-refractivity contribution in [2.24, 2.45) is 7.05 Å². The summed E-state index contributed by atoms with van der Waals surface area (Å²) in [6.07, 6.45) is 2.91. The fraction of sp³-hybridized carbons (Fsp3) is 0.357. The molecule has 0 amide bonds. The monoisotopic (exact) mass is 229 g/mol. The molecular formula is C14H19N3. The molecule has 0 aliphatic heterocycles. The average Bonchev–Trinajstić information content (AvgIpc) is 2.65. The zero-order valence-corrected chi connectivity index (χ0v) is 10.5. The molecule has 17 heavy (non-hydrogen) atoms. The average molecular weight is 229 g/mol. The maximum atomic E-state index is 4.62. The van der Waals surface area contributed by atoms with Crippen LogP contribution in [-0.4, -0.2) is 15.6 Å². The number of imidazole rings is 1. The first-order valence-electron chi connectivity index (χ1n) is 5.97. The smallest absolute Gasteiger partial charge is 0.123 e. The highest BCUT2D eigenvalue weighted by atomic mass is 15.1. The van der Waals surface area contributed by atoms with Gasteiger partial charge in [0.05, 0.1) is 17.6 Å². The first-order chi connectivity index (χ1) is 8.22. The number of aryl methyl sites for hydroxylation is 1. The Kier molecular flexibility index (Phi) is 3.59. The second-order valence-corrected chi connectivity index (χ2v) is 4.38. The third-order valence-corrected chi connectivity index (χ3v) is 3.01. The minimum Gasteiger partial charge on any atom is -0.330 e. The Morgan fingerprint density at radius 3 is 2.94 bits per heavy atom. The number of hydrogen-bond donors (Lipinski definition) is 1. The highest BCUT2D eigenvalue weighted by Crippen LogP contribution is 2.14. The SMILES string of the molecule is C=CCC(C)NCc1nc2ccccc2n1C. The molecule has 0 spiro atoms. The van der Waals surface area contributed by atoms with Gasteiger partial charge in [-0.1, -0.05) is 18.2 Å². The van der Waals surface area contributed by atoms with E-state index in [9.17, 15) is 0 Å². The van der Waals surface area contributed by atoms with Gasteiger partial charge in [-0.3, -0.25) is 0 Å². The predicted molar refractivity (Wildman–Crippen MR) is 71.8 cm³/mol. The molecule has 0 saturated heterocycles. The van der Waals surface area contributed by atoms with E-state index in [-0.39, 0.29) is 0 Å². The fourth-order valence-electron chi connectivity index (χ4n) is 1.95. The second-order valence-electron chi connectivity index (χ2n) is 4.38. The summed E-state index contributed by atoms with van der Waals surface area (Å²) in [5.74, 6) is 1.07. The van der Waals surface area contributed by atoms with Gasteiger partial charge in [-0.15, -0.1) is 6.58 Å².